The second-order valence-corrected chi connectivity index (χ2v) is 4.75. The number of ether oxygens (including phenoxy) is 1. The lowest BCUT2D eigenvalue weighted by Gasteiger charge is -2.13. The van der Waals surface area contributed by atoms with Crippen LogP contribution in [0, 0.1) is 0 Å². The normalized spacial score (nSPS) is 11.3. The Labute approximate surface area is 136 Å². The maximum atomic E-state index is 12.8. The molecular formula is C17H15F3N2O2. The number of alkyl halides is 3. The molecule has 0 aliphatic heterocycles. The second kappa shape index (κ2) is 7.54. The molecule has 7 heteroatoms. The van der Waals surface area contributed by atoms with Gasteiger partial charge in [-0.2, -0.15) is 13.2 Å². The largest absolute Gasteiger partial charge is 0.497 e. The quantitative estimate of drug-likeness (QED) is 0.863. The molecule has 0 aliphatic rings. The van der Waals surface area contributed by atoms with Crippen LogP contribution in [0.2, 0.25) is 0 Å². The lowest BCUT2D eigenvalue weighted by molar-refractivity contribution is -0.136. The van der Waals surface area contributed by atoms with Gasteiger partial charge >= 0.3 is 12.2 Å². The van der Waals surface area contributed by atoms with Gasteiger partial charge in [-0.25, -0.2) is 4.79 Å². The summed E-state index contributed by atoms with van der Waals surface area (Å²) in [5.41, 5.74) is -0.411. The van der Waals surface area contributed by atoms with E-state index in [-0.39, 0.29) is 5.69 Å². The molecule has 0 heterocycles. The number of amides is 2. The number of carbonyl (C=O) groups excluding carboxylic acids is 1. The standard InChI is InChI=1S/C17H15F3N2O2/c1-24-13-8-6-12(7-9-13)10-11-21-16(23)22-15-5-3-2-4-14(15)17(18,19)20/h2-11H,1H3,(H2,21,22,23)/b11-10+. The Morgan fingerprint density at radius 3 is 2.38 bits per heavy atom. The summed E-state index contributed by atoms with van der Waals surface area (Å²) in [5.74, 6) is 0.696. The molecule has 0 unspecified atom stereocenters. The number of carbonyl (C=O) groups is 1. The second-order valence-electron chi connectivity index (χ2n) is 4.75. The number of hydrogen-bond donors (Lipinski definition) is 2. The Kier molecular flexibility index (Phi) is 5.47. The van der Waals surface area contributed by atoms with Crippen LogP contribution in [0.25, 0.3) is 6.08 Å². The van der Waals surface area contributed by atoms with Crippen molar-refractivity contribution in [2.75, 3.05) is 12.4 Å². The summed E-state index contributed by atoms with van der Waals surface area (Å²) < 4.78 is 43.5. The third-order valence-corrected chi connectivity index (χ3v) is 3.09. The molecule has 0 spiro atoms. The fraction of sp³-hybridized carbons (Fsp3) is 0.118. The zero-order valence-electron chi connectivity index (χ0n) is 12.7. The van der Waals surface area contributed by atoms with Crippen molar-refractivity contribution in [3.8, 4) is 5.75 Å². The van der Waals surface area contributed by atoms with Crippen molar-refractivity contribution in [2.45, 2.75) is 6.18 Å². The van der Waals surface area contributed by atoms with Gasteiger partial charge in [0.1, 0.15) is 5.75 Å². The smallest absolute Gasteiger partial charge is 0.418 e. The van der Waals surface area contributed by atoms with Gasteiger partial charge in [-0.3, -0.25) is 0 Å². The van der Waals surface area contributed by atoms with E-state index in [1.165, 1.54) is 24.4 Å². The highest BCUT2D eigenvalue weighted by Crippen LogP contribution is 2.34. The van der Waals surface area contributed by atoms with Gasteiger partial charge in [-0.15, -0.1) is 0 Å². The first-order valence-corrected chi connectivity index (χ1v) is 6.94. The van der Waals surface area contributed by atoms with Gasteiger partial charge < -0.3 is 15.4 Å². The predicted molar refractivity (Wildman–Crippen MR) is 85.6 cm³/mol. The van der Waals surface area contributed by atoms with Gasteiger partial charge in [-0.05, 0) is 35.9 Å². The number of methoxy groups -OCH3 is 1. The molecule has 0 radical (unpaired) electrons. The van der Waals surface area contributed by atoms with E-state index < -0.39 is 17.8 Å². The van der Waals surface area contributed by atoms with Gasteiger partial charge in [0.05, 0.1) is 18.4 Å². The third kappa shape index (κ3) is 4.77. The number of anilines is 1. The molecule has 24 heavy (non-hydrogen) atoms. The molecule has 2 N–H and O–H groups in total. The summed E-state index contributed by atoms with van der Waals surface area (Å²) >= 11 is 0. The minimum absolute atomic E-state index is 0.305. The van der Waals surface area contributed by atoms with E-state index in [1.54, 1.807) is 37.5 Å². The van der Waals surface area contributed by atoms with Crippen LogP contribution in [0.4, 0.5) is 23.7 Å². The summed E-state index contributed by atoms with van der Waals surface area (Å²) in [6.45, 7) is 0. The molecule has 0 aliphatic carbocycles. The minimum Gasteiger partial charge on any atom is -0.497 e. The lowest BCUT2D eigenvalue weighted by atomic mass is 10.1. The summed E-state index contributed by atoms with van der Waals surface area (Å²) in [6, 6.07) is 11.0. The molecule has 0 saturated heterocycles. The first kappa shape index (κ1) is 17.4. The summed E-state index contributed by atoms with van der Waals surface area (Å²) in [7, 11) is 1.55. The van der Waals surface area contributed by atoms with Crippen LogP contribution < -0.4 is 15.4 Å². The highest BCUT2D eigenvalue weighted by Gasteiger charge is 2.33. The van der Waals surface area contributed by atoms with Crippen molar-refractivity contribution in [1.82, 2.24) is 5.32 Å². The van der Waals surface area contributed by atoms with Crippen LogP contribution >= 0.6 is 0 Å². The molecule has 126 valence electrons. The van der Waals surface area contributed by atoms with Crippen LogP contribution in [-0.4, -0.2) is 13.1 Å². The van der Waals surface area contributed by atoms with Gasteiger partial charge in [0.15, 0.2) is 0 Å². The van der Waals surface area contributed by atoms with Gasteiger partial charge in [0.25, 0.3) is 0 Å². The SMILES string of the molecule is COc1ccc(/C=C/NC(=O)Nc2ccccc2C(F)(F)F)cc1. The molecule has 0 bridgehead atoms. The number of nitrogens with one attached hydrogen (secondary N) is 2. The Morgan fingerprint density at radius 1 is 1.08 bits per heavy atom. The fourth-order valence-electron chi connectivity index (χ4n) is 1.93. The molecule has 0 atom stereocenters. The minimum atomic E-state index is -4.54. The first-order valence-electron chi connectivity index (χ1n) is 6.94. The summed E-state index contributed by atoms with van der Waals surface area (Å²) in [5, 5.41) is 4.54. The number of urea groups is 1. The van der Waals surface area contributed by atoms with Crippen LogP contribution in [0.1, 0.15) is 11.1 Å². The van der Waals surface area contributed by atoms with E-state index in [0.717, 1.165) is 11.6 Å². The Hall–Kier alpha value is -2.96. The fourth-order valence-corrected chi connectivity index (χ4v) is 1.93. The molecule has 2 amide bonds. The van der Waals surface area contributed by atoms with E-state index in [2.05, 4.69) is 10.6 Å². The van der Waals surface area contributed by atoms with Crippen molar-refractivity contribution in [3.05, 3.63) is 65.9 Å². The summed E-state index contributed by atoms with van der Waals surface area (Å²) in [4.78, 5) is 11.7. The van der Waals surface area contributed by atoms with E-state index in [9.17, 15) is 18.0 Å². The highest BCUT2D eigenvalue weighted by molar-refractivity contribution is 5.91. The van der Waals surface area contributed by atoms with Crippen LogP contribution in [-0.2, 0) is 6.18 Å². The lowest BCUT2D eigenvalue weighted by Crippen LogP contribution is -2.25. The molecule has 0 saturated carbocycles. The highest BCUT2D eigenvalue weighted by atomic mass is 19.4. The van der Waals surface area contributed by atoms with Gasteiger partial charge in [0, 0.05) is 6.20 Å². The number of rotatable bonds is 4. The zero-order chi connectivity index (χ0) is 17.6. The molecule has 2 rings (SSSR count). The molecule has 4 nitrogen and oxygen atoms in total. The Morgan fingerprint density at radius 2 is 1.75 bits per heavy atom. The summed E-state index contributed by atoms with van der Waals surface area (Å²) in [6.07, 6.45) is -1.59. The molecule has 2 aromatic rings. The molecule has 0 fully saturated rings. The topological polar surface area (TPSA) is 50.4 Å². The maximum Gasteiger partial charge on any atom is 0.418 e. The molecular weight excluding hydrogens is 321 g/mol. The molecule has 0 aromatic heterocycles. The van der Waals surface area contributed by atoms with Crippen molar-refractivity contribution in [3.63, 3.8) is 0 Å². The number of halogens is 3. The zero-order valence-corrected chi connectivity index (χ0v) is 12.7. The van der Waals surface area contributed by atoms with Crippen molar-refractivity contribution in [1.29, 1.82) is 0 Å². The predicted octanol–water partition coefficient (Wildman–Crippen LogP) is 4.51. The van der Waals surface area contributed by atoms with Crippen molar-refractivity contribution >= 4 is 17.8 Å². The number of benzene rings is 2. The monoisotopic (exact) mass is 336 g/mol. The van der Waals surface area contributed by atoms with Crippen LogP contribution in [0.15, 0.2) is 54.7 Å². The average molecular weight is 336 g/mol. The van der Waals surface area contributed by atoms with Crippen molar-refractivity contribution in [2.24, 2.45) is 0 Å². The first-order chi connectivity index (χ1) is 11.4. The Bertz CT molecular complexity index is 725. The number of hydrogen-bond acceptors (Lipinski definition) is 2. The van der Waals surface area contributed by atoms with Crippen molar-refractivity contribution < 1.29 is 22.7 Å². The van der Waals surface area contributed by atoms with E-state index >= 15 is 0 Å². The third-order valence-electron chi connectivity index (χ3n) is 3.09. The maximum absolute atomic E-state index is 12.8. The van der Waals surface area contributed by atoms with E-state index in [1.807, 2.05) is 0 Å². The Balaban J connectivity index is 1.97. The van der Waals surface area contributed by atoms with Gasteiger partial charge in [-0.1, -0.05) is 24.3 Å². The molecule has 2 aromatic carbocycles. The number of para-hydroxylation sites is 1. The van der Waals surface area contributed by atoms with E-state index in [4.69, 9.17) is 4.74 Å². The average Bonchev–Trinajstić information content (AvgIpc) is 2.55. The van der Waals surface area contributed by atoms with E-state index in [0.29, 0.717) is 5.75 Å². The van der Waals surface area contributed by atoms with Crippen LogP contribution in [0.3, 0.4) is 0 Å². The van der Waals surface area contributed by atoms with Crippen LogP contribution in [0.5, 0.6) is 5.75 Å². The van der Waals surface area contributed by atoms with Gasteiger partial charge in [0.2, 0.25) is 0 Å².